The van der Waals surface area contributed by atoms with Crippen LogP contribution in [0, 0.1) is 10.8 Å². The number of aromatic nitrogens is 4. The van der Waals surface area contributed by atoms with Crippen LogP contribution in [0.2, 0.25) is 0 Å². The van der Waals surface area contributed by atoms with E-state index < -0.39 is 0 Å². The fraction of sp³-hybridized carbons (Fsp3) is 0.217. The molecule has 8 rings (SSSR count). The molecule has 0 N–H and O–H groups in total. The van der Waals surface area contributed by atoms with Crippen LogP contribution >= 0.6 is 0 Å². The Hall–Kier alpha value is -5.68. The predicted molar refractivity (Wildman–Crippen MR) is 211 cm³/mol. The molecule has 0 fully saturated rings. The molecule has 0 atom stereocenters. The second kappa shape index (κ2) is 12.6. The Morgan fingerprint density at radius 1 is 0.431 bits per heavy atom. The minimum absolute atomic E-state index is 0.181. The van der Waals surface area contributed by atoms with Gasteiger partial charge in [-0.1, -0.05) is 90.1 Å². The molecule has 8 aromatic rings. The van der Waals surface area contributed by atoms with Crippen molar-refractivity contribution in [2.75, 3.05) is 0 Å². The molecule has 0 bridgehead atoms. The van der Waals surface area contributed by atoms with Crippen molar-refractivity contribution in [3.63, 3.8) is 0 Å². The molecule has 0 aliphatic carbocycles. The Balaban J connectivity index is 1.13. The summed E-state index contributed by atoms with van der Waals surface area (Å²) in [7, 11) is 0. The fourth-order valence-corrected chi connectivity index (χ4v) is 7.32. The summed E-state index contributed by atoms with van der Waals surface area (Å²) in [5, 5.41) is 6.73. The molecule has 4 aromatic carbocycles. The van der Waals surface area contributed by atoms with Crippen molar-refractivity contribution in [1.82, 2.24) is 19.9 Å². The first-order valence-corrected chi connectivity index (χ1v) is 17.7. The highest BCUT2D eigenvalue weighted by Gasteiger charge is 2.18. The molecule has 0 aliphatic heterocycles. The summed E-state index contributed by atoms with van der Waals surface area (Å²) >= 11 is 0. The van der Waals surface area contributed by atoms with Gasteiger partial charge < -0.3 is 4.74 Å². The monoisotopic (exact) mass is 666 g/mol. The van der Waals surface area contributed by atoms with E-state index in [1.54, 1.807) is 0 Å². The molecule has 0 unspecified atom stereocenters. The first-order chi connectivity index (χ1) is 24.5. The zero-order valence-corrected chi connectivity index (χ0v) is 30.2. The summed E-state index contributed by atoms with van der Waals surface area (Å²) < 4.78 is 6.51. The standard InChI is InChI=1S/C46H42N4O/c1-45(2,3)27-31-17-21-49-43-35(31)13-15-37-39(43)19-23-47-41(37)29-9-7-11-33(25-29)51-34-12-8-10-30(26-34)42-38-16-14-36-32(28-46(4,5)6)18-22-50-44(36)40(38)20-24-48-42/h7-26H,27-28H2,1-6H3. The third kappa shape index (κ3) is 6.52. The van der Waals surface area contributed by atoms with Gasteiger partial charge in [0.15, 0.2) is 0 Å². The molecule has 0 saturated carbocycles. The van der Waals surface area contributed by atoms with Gasteiger partial charge in [0, 0.05) is 68.2 Å². The Kier molecular flexibility index (Phi) is 8.02. The lowest BCUT2D eigenvalue weighted by Gasteiger charge is -2.19. The number of rotatable bonds is 6. The maximum Gasteiger partial charge on any atom is 0.128 e. The van der Waals surface area contributed by atoms with Crippen LogP contribution in [0.15, 0.2) is 122 Å². The van der Waals surface area contributed by atoms with Crippen molar-refractivity contribution in [3.8, 4) is 34.0 Å². The molecule has 51 heavy (non-hydrogen) atoms. The van der Waals surface area contributed by atoms with Gasteiger partial charge in [0.05, 0.1) is 22.4 Å². The number of pyridine rings is 4. The molecule has 4 aromatic heterocycles. The van der Waals surface area contributed by atoms with E-state index in [9.17, 15) is 0 Å². The van der Waals surface area contributed by atoms with Crippen molar-refractivity contribution >= 4 is 43.4 Å². The number of benzene rings is 4. The summed E-state index contributed by atoms with van der Waals surface area (Å²) in [5.74, 6) is 1.48. The zero-order valence-electron chi connectivity index (χ0n) is 30.2. The van der Waals surface area contributed by atoms with Crippen LogP contribution < -0.4 is 4.74 Å². The molecule has 4 heterocycles. The first kappa shape index (κ1) is 32.5. The zero-order chi connectivity index (χ0) is 35.3. The SMILES string of the molecule is CC(C)(C)Cc1ccnc2c1ccc1c(-c3cccc(Oc4cccc(-c5nccc6c5ccc5c(CC(C)(C)C)ccnc56)c4)c3)nccc12. The number of fused-ring (bicyclic) bond motifs is 6. The Bertz CT molecular complexity index is 2410. The van der Waals surface area contributed by atoms with E-state index >= 15 is 0 Å². The van der Waals surface area contributed by atoms with E-state index in [2.05, 4.69) is 114 Å². The van der Waals surface area contributed by atoms with E-state index in [0.29, 0.717) is 0 Å². The number of hydrogen-bond donors (Lipinski definition) is 0. The third-order valence-corrected chi connectivity index (χ3v) is 9.38. The van der Waals surface area contributed by atoms with E-state index in [4.69, 9.17) is 24.7 Å². The van der Waals surface area contributed by atoms with Gasteiger partial charge in [-0.05, 0) is 83.3 Å². The second-order valence-electron chi connectivity index (χ2n) is 16.0. The van der Waals surface area contributed by atoms with Crippen LogP contribution in [-0.2, 0) is 12.8 Å². The molecule has 0 spiro atoms. The molecule has 252 valence electrons. The summed E-state index contributed by atoms with van der Waals surface area (Å²) in [5.41, 5.74) is 8.81. The van der Waals surface area contributed by atoms with Gasteiger partial charge in [-0.15, -0.1) is 0 Å². The smallest absolute Gasteiger partial charge is 0.128 e. The Labute approximate surface area is 299 Å². The summed E-state index contributed by atoms with van der Waals surface area (Å²) in [6.45, 7) is 13.6. The summed E-state index contributed by atoms with van der Waals surface area (Å²) in [6.07, 6.45) is 9.60. The van der Waals surface area contributed by atoms with Gasteiger partial charge in [0.25, 0.3) is 0 Å². The first-order valence-electron chi connectivity index (χ1n) is 17.7. The fourth-order valence-electron chi connectivity index (χ4n) is 7.32. The van der Waals surface area contributed by atoms with Crippen molar-refractivity contribution in [1.29, 1.82) is 0 Å². The van der Waals surface area contributed by atoms with Crippen molar-refractivity contribution in [3.05, 3.63) is 133 Å². The number of hydrogen-bond acceptors (Lipinski definition) is 5. The van der Waals surface area contributed by atoms with Crippen LogP contribution in [0.4, 0.5) is 0 Å². The largest absolute Gasteiger partial charge is 0.457 e. The number of ether oxygens (including phenoxy) is 1. The topological polar surface area (TPSA) is 60.8 Å². The van der Waals surface area contributed by atoms with Gasteiger partial charge >= 0.3 is 0 Å². The van der Waals surface area contributed by atoms with E-state index in [1.807, 2.05) is 49.1 Å². The van der Waals surface area contributed by atoms with E-state index in [0.717, 1.165) is 79.4 Å². The minimum atomic E-state index is 0.181. The average molecular weight is 667 g/mol. The van der Waals surface area contributed by atoms with Crippen LogP contribution in [0.5, 0.6) is 11.5 Å². The summed E-state index contributed by atoms with van der Waals surface area (Å²) in [4.78, 5) is 19.3. The lowest BCUT2D eigenvalue weighted by molar-refractivity contribution is 0.412. The maximum absolute atomic E-state index is 6.51. The van der Waals surface area contributed by atoms with Crippen LogP contribution in [-0.4, -0.2) is 19.9 Å². The lowest BCUT2D eigenvalue weighted by atomic mass is 9.86. The molecule has 0 radical (unpaired) electrons. The molecule has 0 aliphatic rings. The maximum atomic E-state index is 6.51. The number of nitrogens with zero attached hydrogens (tertiary/aromatic N) is 4. The predicted octanol–water partition coefficient (Wildman–Crippen LogP) is 12.2. The molecule has 5 heteroatoms. The van der Waals surface area contributed by atoms with Crippen molar-refractivity contribution in [2.45, 2.75) is 54.4 Å². The Morgan fingerprint density at radius 2 is 0.843 bits per heavy atom. The highest BCUT2D eigenvalue weighted by molar-refractivity contribution is 6.11. The van der Waals surface area contributed by atoms with Crippen LogP contribution in [0.1, 0.15) is 52.7 Å². The van der Waals surface area contributed by atoms with Gasteiger partial charge in [0.2, 0.25) is 0 Å². The van der Waals surface area contributed by atoms with E-state index in [-0.39, 0.29) is 10.8 Å². The van der Waals surface area contributed by atoms with Crippen molar-refractivity contribution < 1.29 is 4.74 Å². The highest BCUT2D eigenvalue weighted by atomic mass is 16.5. The molecular formula is C46H42N4O. The van der Waals surface area contributed by atoms with Gasteiger partial charge in [-0.3, -0.25) is 19.9 Å². The summed E-state index contributed by atoms with van der Waals surface area (Å²) in [6, 6.07) is 33.5. The van der Waals surface area contributed by atoms with Gasteiger partial charge in [-0.2, -0.15) is 0 Å². The van der Waals surface area contributed by atoms with E-state index in [1.165, 1.54) is 21.9 Å². The lowest BCUT2D eigenvalue weighted by Crippen LogP contribution is -2.09. The second-order valence-corrected chi connectivity index (χ2v) is 16.0. The molecule has 0 saturated heterocycles. The Morgan fingerprint density at radius 3 is 1.27 bits per heavy atom. The quantitative estimate of drug-likeness (QED) is 0.165. The average Bonchev–Trinajstić information content (AvgIpc) is 3.10. The van der Waals surface area contributed by atoms with Gasteiger partial charge in [0.1, 0.15) is 11.5 Å². The van der Waals surface area contributed by atoms with Crippen LogP contribution in [0.3, 0.4) is 0 Å². The highest BCUT2D eigenvalue weighted by Crippen LogP contribution is 2.37. The third-order valence-electron chi connectivity index (χ3n) is 9.38. The van der Waals surface area contributed by atoms with Crippen molar-refractivity contribution in [2.24, 2.45) is 10.8 Å². The molecule has 5 nitrogen and oxygen atoms in total. The molecule has 0 amide bonds. The van der Waals surface area contributed by atoms with Gasteiger partial charge in [-0.25, -0.2) is 0 Å². The molecular weight excluding hydrogens is 625 g/mol. The van der Waals surface area contributed by atoms with Crippen LogP contribution in [0.25, 0.3) is 65.9 Å². The normalized spacial score (nSPS) is 12.3. The minimum Gasteiger partial charge on any atom is -0.457 e.